The molecule has 3 aliphatic heterocycles. The molecule has 0 aromatic heterocycles. The number of rotatable bonds is 6. The fourth-order valence-corrected chi connectivity index (χ4v) is 14.5. The topological polar surface area (TPSA) is 9.72 Å². The van der Waals surface area contributed by atoms with Crippen molar-refractivity contribution < 1.29 is 4.39 Å². The average Bonchev–Trinajstić information content (AvgIpc) is 4.22. The van der Waals surface area contributed by atoms with Crippen molar-refractivity contribution >= 4 is 68.6 Å². The Morgan fingerprint density at radius 1 is 0.467 bits per heavy atom. The lowest BCUT2D eigenvalue weighted by Gasteiger charge is -2.47. The standard InChI is InChI=1S/C70H63BFN3/c1-67(2,3)52-28-31-60(56(39-52)47-23-15-10-16-24-47)74-63-38-51-44-68(4,5)43-50(51)36-59(63)71-58-30-27-49(46-21-13-9-14-22-46)37-62(58)73(54-26-17-25-48(35-54)45-19-11-8-12-20-45)64-41-55(42-65(74)66(64)71)75-61-32-29-53(72)40-57(61)69(6)33-18-34-70(69,75)7/h8-17,19-32,35-42H,18,33-34,43-44H2,1-7H3. The lowest BCUT2D eigenvalue weighted by molar-refractivity contribution is 0.330. The lowest BCUT2D eigenvalue weighted by Crippen LogP contribution is -2.61. The maximum atomic E-state index is 15.7. The van der Waals surface area contributed by atoms with Crippen LogP contribution in [0, 0.1) is 11.2 Å². The Hall–Kier alpha value is -7.63. The predicted molar refractivity (Wildman–Crippen MR) is 315 cm³/mol. The first kappa shape index (κ1) is 45.9. The SMILES string of the molecule is CC1(C)Cc2cc3c(cc2C1)N(c1ccc(C(C)(C)C)cc1-c1ccccc1)c1cc(N2c4ccc(F)cc4C4(C)CCCC24C)cc2c1B3c1ccc(-c3ccccc3)cc1N2c1cccc(-c2ccccc2)c1. The lowest BCUT2D eigenvalue weighted by atomic mass is 9.33. The Morgan fingerprint density at radius 3 is 1.77 bits per heavy atom. The molecule has 2 aliphatic carbocycles. The van der Waals surface area contributed by atoms with Crippen molar-refractivity contribution in [3.05, 3.63) is 222 Å². The van der Waals surface area contributed by atoms with Gasteiger partial charge in [-0.25, -0.2) is 4.39 Å². The van der Waals surface area contributed by atoms with Gasteiger partial charge in [0.25, 0.3) is 6.71 Å². The molecule has 75 heavy (non-hydrogen) atoms. The highest BCUT2D eigenvalue weighted by Gasteiger charge is 2.60. The quantitative estimate of drug-likeness (QED) is 0.154. The molecule has 2 unspecified atom stereocenters. The van der Waals surface area contributed by atoms with E-state index in [4.69, 9.17) is 0 Å². The Labute approximate surface area is 443 Å². The summed E-state index contributed by atoms with van der Waals surface area (Å²) in [5.41, 5.74) is 25.2. The molecule has 3 heterocycles. The fraction of sp³-hybridized carbons (Fsp3) is 0.229. The van der Waals surface area contributed by atoms with Crippen molar-refractivity contribution in [1.82, 2.24) is 0 Å². The number of anilines is 8. The molecule has 0 radical (unpaired) electrons. The molecule has 3 nitrogen and oxygen atoms in total. The van der Waals surface area contributed by atoms with Crippen molar-refractivity contribution in [3.8, 4) is 33.4 Å². The second-order valence-electron chi connectivity index (χ2n) is 24.6. The zero-order valence-corrected chi connectivity index (χ0v) is 44.3. The van der Waals surface area contributed by atoms with E-state index >= 15 is 4.39 Å². The Balaban J connectivity index is 1.13. The molecule has 0 spiro atoms. The zero-order valence-electron chi connectivity index (χ0n) is 44.3. The minimum Gasteiger partial charge on any atom is -0.334 e. The van der Waals surface area contributed by atoms with Crippen LogP contribution in [0.5, 0.6) is 0 Å². The van der Waals surface area contributed by atoms with Crippen molar-refractivity contribution in [2.24, 2.45) is 5.41 Å². The number of fused-ring (bicyclic) bond motifs is 8. The van der Waals surface area contributed by atoms with Gasteiger partial charge in [-0.15, -0.1) is 0 Å². The average molecular weight is 976 g/mol. The van der Waals surface area contributed by atoms with Crippen molar-refractivity contribution in [2.45, 2.75) is 96.9 Å². The molecule has 2 atom stereocenters. The highest BCUT2D eigenvalue weighted by atomic mass is 19.1. The van der Waals surface area contributed by atoms with E-state index in [1.54, 1.807) is 6.07 Å². The number of hydrogen-bond donors (Lipinski definition) is 0. The number of hydrogen-bond acceptors (Lipinski definition) is 3. The minimum absolute atomic E-state index is 0.0679. The van der Waals surface area contributed by atoms with Crippen molar-refractivity contribution in [1.29, 1.82) is 0 Å². The number of halogens is 1. The van der Waals surface area contributed by atoms with E-state index in [1.807, 2.05) is 6.07 Å². The summed E-state index contributed by atoms with van der Waals surface area (Å²) in [6.07, 6.45) is 5.16. The summed E-state index contributed by atoms with van der Waals surface area (Å²) < 4.78 is 15.7. The molecule has 9 aromatic rings. The second kappa shape index (κ2) is 16.4. The third-order valence-corrected chi connectivity index (χ3v) is 18.3. The molecule has 9 aromatic carbocycles. The smallest absolute Gasteiger partial charge is 0.252 e. The molecule has 1 fully saturated rings. The van der Waals surface area contributed by atoms with Gasteiger partial charge >= 0.3 is 0 Å². The van der Waals surface area contributed by atoms with Crippen LogP contribution in [-0.4, -0.2) is 12.3 Å². The van der Waals surface area contributed by atoms with Gasteiger partial charge in [-0.3, -0.25) is 0 Å². The van der Waals surface area contributed by atoms with Gasteiger partial charge in [-0.2, -0.15) is 0 Å². The minimum atomic E-state index is -0.304. The normalized spacial score (nSPS) is 19.6. The first-order valence-electron chi connectivity index (χ1n) is 27.3. The summed E-state index contributed by atoms with van der Waals surface area (Å²) in [5.74, 6) is -0.171. The van der Waals surface area contributed by atoms with Crippen LogP contribution < -0.4 is 31.1 Å². The number of nitrogens with zero attached hydrogens (tertiary/aromatic N) is 3. The second-order valence-corrected chi connectivity index (χ2v) is 24.6. The van der Waals surface area contributed by atoms with Gasteiger partial charge in [0.1, 0.15) is 5.82 Å². The first-order chi connectivity index (χ1) is 36.2. The maximum absolute atomic E-state index is 15.7. The Kier molecular flexibility index (Phi) is 10.1. The molecule has 0 amide bonds. The predicted octanol–water partition coefficient (Wildman–Crippen LogP) is 16.7. The third kappa shape index (κ3) is 6.99. The van der Waals surface area contributed by atoms with Crippen LogP contribution in [-0.2, 0) is 23.7 Å². The fourth-order valence-electron chi connectivity index (χ4n) is 14.5. The van der Waals surface area contributed by atoms with Gasteiger partial charge in [-0.1, -0.05) is 175 Å². The van der Waals surface area contributed by atoms with Gasteiger partial charge < -0.3 is 14.7 Å². The number of benzene rings is 9. The third-order valence-electron chi connectivity index (χ3n) is 18.3. The summed E-state index contributed by atoms with van der Waals surface area (Å²) in [7, 11) is 0. The van der Waals surface area contributed by atoms with Crippen LogP contribution in [0.25, 0.3) is 33.4 Å². The summed E-state index contributed by atoms with van der Waals surface area (Å²) in [6, 6.07) is 72.2. The molecule has 0 N–H and O–H groups in total. The Bertz CT molecular complexity index is 3780. The molecule has 368 valence electrons. The van der Waals surface area contributed by atoms with E-state index in [-0.39, 0.29) is 34.3 Å². The van der Waals surface area contributed by atoms with Crippen LogP contribution in [0.4, 0.5) is 49.9 Å². The Morgan fingerprint density at radius 2 is 1.08 bits per heavy atom. The molecule has 5 heteroatoms. The highest BCUT2D eigenvalue weighted by Crippen LogP contribution is 2.63. The summed E-state index contributed by atoms with van der Waals surface area (Å²) in [5, 5.41) is 0. The molecule has 0 saturated heterocycles. The van der Waals surface area contributed by atoms with Crippen LogP contribution in [0.3, 0.4) is 0 Å². The van der Waals surface area contributed by atoms with E-state index in [9.17, 15) is 0 Å². The van der Waals surface area contributed by atoms with Gasteiger partial charge in [-0.05, 0) is 177 Å². The maximum Gasteiger partial charge on any atom is 0.252 e. The highest BCUT2D eigenvalue weighted by molar-refractivity contribution is 7.00. The van der Waals surface area contributed by atoms with Gasteiger partial charge in [0.2, 0.25) is 0 Å². The summed E-state index contributed by atoms with van der Waals surface area (Å²) in [6.45, 7) is 16.6. The van der Waals surface area contributed by atoms with Gasteiger partial charge in [0.15, 0.2) is 0 Å². The van der Waals surface area contributed by atoms with Gasteiger partial charge in [0.05, 0.1) is 11.2 Å². The van der Waals surface area contributed by atoms with Crippen LogP contribution in [0.15, 0.2) is 194 Å². The van der Waals surface area contributed by atoms with E-state index in [0.29, 0.717) is 0 Å². The van der Waals surface area contributed by atoms with Crippen LogP contribution in [0.1, 0.15) is 90.0 Å². The first-order valence-corrected chi connectivity index (χ1v) is 27.3. The molecule has 0 bridgehead atoms. The summed E-state index contributed by atoms with van der Waals surface area (Å²) in [4.78, 5) is 7.88. The van der Waals surface area contributed by atoms with Crippen LogP contribution >= 0.6 is 0 Å². The molecule has 5 aliphatic rings. The molecular weight excluding hydrogens is 913 g/mol. The zero-order chi connectivity index (χ0) is 51.2. The van der Waals surface area contributed by atoms with Gasteiger partial charge in [0, 0.05) is 50.8 Å². The largest absolute Gasteiger partial charge is 0.334 e. The monoisotopic (exact) mass is 976 g/mol. The van der Waals surface area contributed by atoms with E-state index in [0.717, 1.165) is 60.4 Å². The molecular formula is C70H63BFN3. The molecule has 1 saturated carbocycles. The van der Waals surface area contributed by atoms with E-state index in [2.05, 4.69) is 245 Å². The van der Waals surface area contributed by atoms with Crippen LogP contribution in [0.2, 0.25) is 0 Å². The van der Waals surface area contributed by atoms with Crippen molar-refractivity contribution in [3.63, 3.8) is 0 Å². The summed E-state index contributed by atoms with van der Waals surface area (Å²) >= 11 is 0. The van der Waals surface area contributed by atoms with E-state index < -0.39 is 0 Å². The van der Waals surface area contributed by atoms with Crippen molar-refractivity contribution in [2.75, 3.05) is 14.7 Å². The van der Waals surface area contributed by atoms with E-state index in [1.165, 1.54) is 89.2 Å². The molecule has 14 rings (SSSR count).